The number of carboxylic acids is 1. The maximum atomic E-state index is 13.5. The Morgan fingerprint density at radius 1 is 1.16 bits per heavy atom. The molecule has 1 fully saturated rings. The van der Waals surface area contributed by atoms with Crippen LogP contribution in [0.15, 0.2) is 30.3 Å². The van der Waals surface area contributed by atoms with Crippen LogP contribution in [0.25, 0.3) is 0 Å². The largest absolute Gasteiger partial charge is 0.481 e. The number of halogens is 4. The molecule has 8 nitrogen and oxygen atoms in total. The van der Waals surface area contributed by atoms with Gasteiger partial charge in [-0.3, -0.25) is 19.3 Å². The van der Waals surface area contributed by atoms with Crippen molar-refractivity contribution < 1.29 is 46.6 Å². The number of Topliss-reactive ketones (excluding diaryl/α,β-unsaturated/α-hetero) is 1. The van der Waals surface area contributed by atoms with E-state index in [-0.39, 0.29) is 18.5 Å². The summed E-state index contributed by atoms with van der Waals surface area (Å²) in [4.78, 5) is 48.5. The predicted molar refractivity (Wildman–Crippen MR) is 101 cm³/mol. The van der Waals surface area contributed by atoms with Gasteiger partial charge in [0.25, 0.3) is 0 Å². The number of alkyl halides is 4. The second-order valence-electron chi connectivity index (χ2n) is 7.18. The van der Waals surface area contributed by atoms with Gasteiger partial charge in [-0.1, -0.05) is 30.3 Å². The van der Waals surface area contributed by atoms with Gasteiger partial charge < -0.3 is 15.2 Å². The van der Waals surface area contributed by atoms with Gasteiger partial charge in [0.05, 0.1) is 6.42 Å². The van der Waals surface area contributed by atoms with E-state index in [1.54, 1.807) is 0 Å². The number of carbonyl (C=O) groups excluding carboxylic acids is 3. The molecule has 0 saturated carbocycles. The smallest absolute Gasteiger partial charge is 0.429 e. The highest BCUT2D eigenvalue weighted by Gasteiger charge is 2.46. The Morgan fingerprint density at radius 3 is 2.38 bits per heavy atom. The van der Waals surface area contributed by atoms with Gasteiger partial charge in [-0.25, -0.2) is 9.18 Å². The fourth-order valence-corrected chi connectivity index (χ4v) is 3.32. The van der Waals surface area contributed by atoms with Gasteiger partial charge in [0.15, 0.2) is 5.78 Å². The number of piperidine rings is 1. The molecular weight excluding hydrogens is 440 g/mol. The minimum Gasteiger partial charge on any atom is -0.481 e. The predicted octanol–water partition coefficient (Wildman–Crippen LogP) is 2.78. The number of carbonyl (C=O) groups is 4. The number of carboxylic acid groups (broad SMARTS) is 1. The van der Waals surface area contributed by atoms with Gasteiger partial charge in [-0.15, -0.1) is 0 Å². The van der Waals surface area contributed by atoms with Crippen molar-refractivity contribution in [3.8, 4) is 0 Å². The summed E-state index contributed by atoms with van der Waals surface area (Å²) in [5.41, 5.74) is -0.304. The second-order valence-corrected chi connectivity index (χ2v) is 7.18. The summed E-state index contributed by atoms with van der Waals surface area (Å²) in [6, 6.07) is 3.51. The number of nitrogens with one attached hydrogen (secondary N) is 1. The normalized spacial score (nSPS) is 18.4. The Morgan fingerprint density at radius 2 is 1.81 bits per heavy atom. The van der Waals surface area contributed by atoms with Crippen LogP contribution < -0.4 is 5.32 Å². The van der Waals surface area contributed by atoms with Gasteiger partial charge in [-0.05, 0) is 19.3 Å². The van der Waals surface area contributed by atoms with E-state index in [9.17, 15) is 36.7 Å². The molecule has 1 aromatic carbocycles. The van der Waals surface area contributed by atoms with Crippen LogP contribution in [-0.4, -0.2) is 65.2 Å². The van der Waals surface area contributed by atoms with Crippen molar-refractivity contribution in [2.75, 3.05) is 13.2 Å². The zero-order valence-corrected chi connectivity index (χ0v) is 16.8. The molecule has 3 unspecified atom stereocenters. The van der Waals surface area contributed by atoms with E-state index < -0.39 is 61.2 Å². The first kappa shape index (κ1) is 25.1. The molecule has 12 heteroatoms. The first-order valence-electron chi connectivity index (χ1n) is 9.74. The van der Waals surface area contributed by atoms with Crippen molar-refractivity contribution >= 4 is 23.8 Å². The van der Waals surface area contributed by atoms with Crippen LogP contribution >= 0.6 is 0 Å². The van der Waals surface area contributed by atoms with E-state index >= 15 is 0 Å². The van der Waals surface area contributed by atoms with Crippen LogP contribution in [0.1, 0.15) is 37.4 Å². The lowest BCUT2D eigenvalue weighted by atomic mass is 10.0. The number of ether oxygens (including phenoxy) is 1. The third kappa shape index (κ3) is 6.66. The number of benzene rings is 1. The zero-order valence-electron chi connectivity index (χ0n) is 16.8. The number of amides is 2. The summed E-state index contributed by atoms with van der Waals surface area (Å²) in [5, 5.41) is 10.9. The lowest BCUT2D eigenvalue weighted by molar-refractivity contribution is -0.209. The minimum atomic E-state index is -4.91. The fraction of sp³-hybridized carbons (Fsp3) is 0.500. The number of likely N-dealkylation sites (tertiary alicyclic amines) is 1. The minimum absolute atomic E-state index is 0.0482. The quantitative estimate of drug-likeness (QED) is 0.575. The molecule has 0 aromatic heterocycles. The van der Waals surface area contributed by atoms with Crippen LogP contribution in [0.5, 0.6) is 0 Å². The number of hydrogen-bond donors (Lipinski definition) is 2. The molecule has 32 heavy (non-hydrogen) atoms. The standard InChI is InChI=1S/C20H22F4N2O6/c21-11-15(27)13(10-16(28)29)25-18(30)14-8-4-5-9-26(14)19(31)32-17(20(22,23)24)12-6-2-1-3-7-12/h1-3,6-7,13-14,17H,4-5,8-11H2,(H,25,30)(H,28,29). The van der Waals surface area contributed by atoms with Crippen LogP contribution in [-0.2, 0) is 19.1 Å². The van der Waals surface area contributed by atoms with E-state index in [0.717, 1.165) is 17.0 Å². The van der Waals surface area contributed by atoms with Gasteiger partial charge >= 0.3 is 18.2 Å². The Bertz CT molecular complexity index is 833. The van der Waals surface area contributed by atoms with Gasteiger partial charge in [0.2, 0.25) is 12.0 Å². The first-order chi connectivity index (χ1) is 15.0. The van der Waals surface area contributed by atoms with Crippen molar-refractivity contribution in [3.63, 3.8) is 0 Å². The molecule has 1 saturated heterocycles. The number of aliphatic carboxylic acids is 1. The van der Waals surface area contributed by atoms with Crippen molar-refractivity contribution in [1.29, 1.82) is 0 Å². The molecule has 176 valence electrons. The Balaban J connectivity index is 2.19. The third-order valence-corrected chi connectivity index (χ3v) is 4.87. The van der Waals surface area contributed by atoms with E-state index in [0.29, 0.717) is 12.8 Å². The maximum Gasteiger partial charge on any atom is 0.429 e. The molecule has 1 aromatic rings. The molecule has 1 aliphatic rings. The highest BCUT2D eigenvalue weighted by atomic mass is 19.4. The molecule has 0 bridgehead atoms. The van der Waals surface area contributed by atoms with E-state index in [2.05, 4.69) is 5.32 Å². The molecule has 2 rings (SSSR count). The molecule has 3 atom stereocenters. The lowest BCUT2D eigenvalue weighted by Crippen LogP contribution is -2.55. The topological polar surface area (TPSA) is 113 Å². The second kappa shape index (κ2) is 10.9. The van der Waals surface area contributed by atoms with Gasteiger partial charge in [-0.2, -0.15) is 13.2 Å². The first-order valence-corrected chi connectivity index (χ1v) is 9.74. The van der Waals surface area contributed by atoms with E-state index in [4.69, 9.17) is 9.84 Å². The van der Waals surface area contributed by atoms with Crippen LogP contribution in [0.3, 0.4) is 0 Å². The Labute approximate surface area is 180 Å². The molecule has 1 aliphatic heterocycles. The van der Waals surface area contributed by atoms with Crippen molar-refractivity contribution in [1.82, 2.24) is 10.2 Å². The zero-order chi connectivity index (χ0) is 23.9. The number of rotatable bonds is 8. The summed E-state index contributed by atoms with van der Waals surface area (Å²) in [5.74, 6) is -3.61. The highest BCUT2D eigenvalue weighted by molar-refractivity contribution is 5.94. The SMILES string of the molecule is O=C(O)CC(NC(=O)C1CCCCN1C(=O)OC(c1ccccc1)C(F)(F)F)C(=O)CF. The summed E-state index contributed by atoms with van der Waals surface area (Å²) in [7, 11) is 0. The van der Waals surface area contributed by atoms with Crippen LogP contribution in [0.4, 0.5) is 22.4 Å². The van der Waals surface area contributed by atoms with Gasteiger partial charge in [0.1, 0.15) is 18.8 Å². The average Bonchev–Trinajstić information content (AvgIpc) is 2.75. The Hall–Kier alpha value is -3.18. The summed E-state index contributed by atoms with van der Waals surface area (Å²) in [6.45, 7) is -1.60. The Kier molecular flexibility index (Phi) is 8.56. The monoisotopic (exact) mass is 462 g/mol. The fourth-order valence-electron chi connectivity index (χ4n) is 3.32. The van der Waals surface area contributed by atoms with Crippen LogP contribution in [0.2, 0.25) is 0 Å². The van der Waals surface area contributed by atoms with E-state index in [1.165, 1.54) is 18.2 Å². The van der Waals surface area contributed by atoms with Gasteiger partial charge in [0, 0.05) is 12.1 Å². The summed E-state index contributed by atoms with van der Waals surface area (Å²) >= 11 is 0. The lowest BCUT2D eigenvalue weighted by Gasteiger charge is -2.35. The number of nitrogens with zero attached hydrogens (tertiary/aromatic N) is 1. The average molecular weight is 462 g/mol. The maximum absolute atomic E-state index is 13.5. The molecule has 2 amide bonds. The third-order valence-electron chi connectivity index (χ3n) is 4.87. The summed E-state index contributed by atoms with van der Waals surface area (Å²) in [6.07, 6.45) is -8.85. The van der Waals surface area contributed by atoms with Crippen LogP contribution in [0, 0.1) is 0 Å². The molecule has 0 aliphatic carbocycles. The molecular formula is C20H22F4N2O6. The number of ketones is 1. The van der Waals surface area contributed by atoms with Crippen molar-refractivity contribution in [2.24, 2.45) is 0 Å². The highest BCUT2D eigenvalue weighted by Crippen LogP contribution is 2.36. The molecule has 2 N–H and O–H groups in total. The molecule has 0 radical (unpaired) electrons. The summed E-state index contributed by atoms with van der Waals surface area (Å²) < 4.78 is 58.0. The van der Waals surface area contributed by atoms with Crippen molar-refractivity contribution in [2.45, 2.75) is 50.0 Å². The molecule has 1 heterocycles. The van der Waals surface area contributed by atoms with E-state index in [1.807, 2.05) is 0 Å². The molecule has 0 spiro atoms. The van der Waals surface area contributed by atoms with Crippen molar-refractivity contribution in [3.05, 3.63) is 35.9 Å². The number of hydrogen-bond acceptors (Lipinski definition) is 5.